The maximum Gasteiger partial charge on any atom is 0.271 e. The average Bonchev–Trinajstić information content (AvgIpc) is 3.75. The molecule has 0 unspecified atom stereocenters. The first-order chi connectivity index (χ1) is 30.2. The van der Waals surface area contributed by atoms with Crippen LogP contribution in [0.4, 0.5) is 0 Å². The van der Waals surface area contributed by atoms with Gasteiger partial charge in [0.05, 0.1) is 4.90 Å². The summed E-state index contributed by atoms with van der Waals surface area (Å²) in [7, 11) is 1.15. The minimum Gasteiger partial charge on any atom is -0.504 e. The molecular weight excluding hydrogens is 827 g/mol. The number of ketones is 1. The SMILES string of the molecule is CNS(=O)(=O)c1ccc(C(=O)NN=C(c2ccccc2)c2nn(C)c(-c3ccc(C(C)(C)C)cc3)c2O)cc1.Cn1nc(C(=O)c2ccccc2)c(O)c1-c1ccc(C(C)(C)C)cc1. The Morgan fingerprint density at radius 1 is 0.578 bits per heavy atom. The van der Waals surface area contributed by atoms with Crippen molar-refractivity contribution in [2.24, 2.45) is 19.2 Å². The van der Waals surface area contributed by atoms with Gasteiger partial charge in [0.1, 0.15) is 17.1 Å². The second kappa shape index (κ2) is 18.7. The van der Waals surface area contributed by atoms with E-state index in [1.165, 1.54) is 42.4 Å². The Hall–Kier alpha value is -7.16. The topological polar surface area (TPSA) is 181 Å². The molecule has 7 rings (SSSR count). The molecule has 14 heteroatoms. The van der Waals surface area contributed by atoms with Crippen molar-refractivity contribution in [2.45, 2.75) is 57.3 Å². The molecule has 0 spiro atoms. The van der Waals surface area contributed by atoms with Crippen molar-refractivity contribution in [1.29, 1.82) is 0 Å². The molecule has 1 amide bonds. The summed E-state index contributed by atoms with van der Waals surface area (Å²) < 4.78 is 29.3. The number of rotatable bonds is 10. The second-order valence-corrected chi connectivity index (χ2v) is 19.1. The van der Waals surface area contributed by atoms with Crippen molar-refractivity contribution in [3.63, 3.8) is 0 Å². The zero-order chi connectivity index (χ0) is 46.6. The van der Waals surface area contributed by atoms with Crippen molar-refractivity contribution >= 4 is 27.4 Å². The Labute approximate surface area is 374 Å². The van der Waals surface area contributed by atoms with E-state index < -0.39 is 15.9 Å². The lowest BCUT2D eigenvalue weighted by Crippen LogP contribution is -2.22. The standard InChI is InChI=1S/C29H31N5O4S.C21H22N2O2/c1-29(2,3)22-15-11-20(12-16-22)26-27(35)25(33-34(26)5)24(19-9-7-6-8-10-19)31-32-28(36)21-13-17-23(18-14-21)39(37,38)30-4;1-21(2,3)16-12-10-14(11-13-16)18-20(25)17(22-23(18)4)19(24)15-8-6-5-7-9-15/h6-18,30,35H,1-5H3,(H,32,36);5-13,25H,1-4H3. The van der Waals surface area contributed by atoms with Gasteiger partial charge in [-0.1, -0.05) is 151 Å². The van der Waals surface area contributed by atoms with Crippen LogP contribution in [0.5, 0.6) is 11.5 Å². The summed E-state index contributed by atoms with van der Waals surface area (Å²) in [6, 6.07) is 39.4. The van der Waals surface area contributed by atoms with Crippen molar-refractivity contribution in [2.75, 3.05) is 7.05 Å². The van der Waals surface area contributed by atoms with Crippen LogP contribution in [0.2, 0.25) is 0 Å². The Balaban J connectivity index is 0.000000234. The zero-order valence-corrected chi connectivity index (χ0v) is 38.2. The number of amides is 1. The van der Waals surface area contributed by atoms with E-state index in [1.807, 2.05) is 72.8 Å². The predicted molar refractivity (Wildman–Crippen MR) is 250 cm³/mol. The third-order valence-corrected chi connectivity index (χ3v) is 12.0. The summed E-state index contributed by atoms with van der Waals surface area (Å²) in [6.07, 6.45) is 0. The molecule has 0 radical (unpaired) electrons. The van der Waals surface area contributed by atoms with E-state index >= 15 is 0 Å². The van der Waals surface area contributed by atoms with E-state index in [1.54, 1.807) is 59.9 Å². The first kappa shape index (κ1) is 46.3. The summed E-state index contributed by atoms with van der Waals surface area (Å²) in [6.45, 7) is 12.9. The van der Waals surface area contributed by atoms with E-state index in [9.17, 15) is 28.2 Å². The number of aryl methyl sites for hydroxylation is 2. The van der Waals surface area contributed by atoms with Gasteiger partial charge >= 0.3 is 0 Å². The van der Waals surface area contributed by atoms with Crippen molar-refractivity contribution < 1.29 is 28.2 Å². The number of hydrogen-bond acceptors (Lipinski definition) is 9. The Morgan fingerprint density at radius 2 is 1.00 bits per heavy atom. The van der Waals surface area contributed by atoms with E-state index in [4.69, 9.17) is 0 Å². The van der Waals surface area contributed by atoms with E-state index in [0.717, 1.165) is 11.1 Å². The van der Waals surface area contributed by atoms with Crippen LogP contribution in [0.15, 0.2) is 143 Å². The minimum absolute atomic E-state index is 0.00892. The van der Waals surface area contributed by atoms with Gasteiger partial charge in [-0.2, -0.15) is 15.3 Å². The molecule has 2 heterocycles. The highest BCUT2D eigenvalue weighted by molar-refractivity contribution is 7.89. The lowest BCUT2D eigenvalue weighted by molar-refractivity contribution is 0.0954. The van der Waals surface area contributed by atoms with Crippen LogP contribution >= 0.6 is 0 Å². The maximum absolute atomic E-state index is 12.9. The summed E-state index contributed by atoms with van der Waals surface area (Å²) in [4.78, 5) is 25.5. The molecule has 0 atom stereocenters. The molecule has 2 aromatic heterocycles. The maximum atomic E-state index is 12.9. The number of nitrogens with zero attached hydrogens (tertiary/aromatic N) is 5. The number of nitrogens with one attached hydrogen (secondary N) is 2. The summed E-state index contributed by atoms with van der Waals surface area (Å²) >= 11 is 0. The molecule has 0 bridgehead atoms. The normalized spacial score (nSPS) is 12.0. The van der Waals surface area contributed by atoms with Crippen LogP contribution in [0.3, 0.4) is 0 Å². The largest absolute Gasteiger partial charge is 0.504 e. The average molecular weight is 880 g/mol. The molecule has 5 aromatic carbocycles. The quantitative estimate of drug-likeness (QED) is 0.0600. The number of aromatic nitrogens is 4. The number of hydrazone groups is 1. The molecule has 0 saturated carbocycles. The molecule has 7 aromatic rings. The summed E-state index contributed by atoms with van der Waals surface area (Å²) in [5.74, 6) is -0.990. The first-order valence-electron chi connectivity index (χ1n) is 20.5. The van der Waals surface area contributed by atoms with Gasteiger partial charge in [-0.25, -0.2) is 18.6 Å². The highest BCUT2D eigenvalue weighted by Crippen LogP contribution is 2.36. The molecule has 13 nitrogen and oxygen atoms in total. The number of carbonyl (C=O) groups is 2. The lowest BCUT2D eigenvalue weighted by atomic mass is 9.86. The number of hydrogen-bond donors (Lipinski definition) is 4. The van der Waals surface area contributed by atoms with Gasteiger partial charge in [-0.05, 0) is 53.3 Å². The molecule has 64 heavy (non-hydrogen) atoms. The molecule has 0 fully saturated rings. The van der Waals surface area contributed by atoms with E-state index in [2.05, 4.69) is 67.0 Å². The molecule has 0 aliphatic rings. The van der Waals surface area contributed by atoms with Gasteiger partial charge in [-0.3, -0.25) is 19.0 Å². The second-order valence-electron chi connectivity index (χ2n) is 17.2. The monoisotopic (exact) mass is 879 g/mol. The van der Waals surface area contributed by atoms with Crippen LogP contribution in [0.25, 0.3) is 22.5 Å². The Kier molecular flexibility index (Phi) is 13.5. The van der Waals surface area contributed by atoms with Gasteiger partial charge in [0, 0.05) is 41.9 Å². The molecule has 0 saturated heterocycles. The van der Waals surface area contributed by atoms with E-state index in [0.29, 0.717) is 22.5 Å². The number of aromatic hydroxyl groups is 2. The van der Waals surface area contributed by atoms with Crippen molar-refractivity contribution in [3.05, 3.63) is 173 Å². The third-order valence-electron chi connectivity index (χ3n) is 10.6. The zero-order valence-electron chi connectivity index (χ0n) is 37.4. The molecule has 330 valence electrons. The predicted octanol–water partition coefficient (Wildman–Crippen LogP) is 8.50. The molecule has 0 aliphatic heterocycles. The molecule has 0 aliphatic carbocycles. The van der Waals surface area contributed by atoms with Crippen LogP contribution < -0.4 is 10.1 Å². The van der Waals surface area contributed by atoms with Gasteiger partial charge in [0.15, 0.2) is 22.9 Å². The minimum atomic E-state index is -3.63. The van der Waals surface area contributed by atoms with Crippen LogP contribution in [-0.2, 0) is 34.9 Å². The van der Waals surface area contributed by atoms with Crippen molar-refractivity contribution in [1.82, 2.24) is 29.7 Å². The Morgan fingerprint density at radius 3 is 1.44 bits per heavy atom. The van der Waals surface area contributed by atoms with Gasteiger partial charge in [0.2, 0.25) is 15.8 Å². The number of carbonyl (C=O) groups excluding carboxylic acids is 2. The smallest absolute Gasteiger partial charge is 0.271 e. The van der Waals surface area contributed by atoms with Gasteiger partial charge in [-0.15, -0.1) is 0 Å². The van der Waals surface area contributed by atoms with E-state index in [-0.39, 0.29) is 55.7 Å². The fraction of sp³-hybridized carbons (Fsp3) is 0.220. The van der Waals surface area contributed by atoms with Crippen LogP contribution in [0, 0.1) is 0 Å². The Bertz CT molecular complexity index is 2910. The van der Waals surface area contributed by atoms with Crippen LogP contribution in [-0.4, -0.2) is 62.6 Å². The lowest BCUT2D eigenvalue weighted by Gasteiger charge is -2.19. The third kappa shape index (κ3) is 10.2. The van der Waals surface area contributed by atoms with Crippen LogP contribution in [0.1, 0.15) is 90.3 Å². The number of sulfonamides is 1. The fourth-order valence-corrected chi connectivity index (χ4v) is 7.62. The fourth-order valence-electron chi connectivity index (χ4n) is 6.89. The van der Waals surface area contributed by atoms with Crippen molar-refractivity contribution in [3.8, 4) is 34.0 Å². The van der Waals surface area contributed by atoms with Gasteiger partial charge < -0.3 is 10.2 Å². The molecule has 4 N–H and O–H groups in total. The highest BCUT2D eigenvalue weighted by Gasteiger charge is 2.26. The summed E-state index contributed by atoms with van der Waals surface area (Å²) in [5, 5.41) is 35.0. The number of benzene rings is 5. The van der Waals surface area contributed by atoms with Gasteiger partial charge in [0.25, 0.3) is 5.91 Å². The highest BCUT2D eigenvalue weighted by atomic mass is 32.2. The molecular formula is C50H53N7O6S. The first-order valence-corrected chi connectivity index (χ1v) is 22.0. The summed E-state index contributed by atoms with van der Waals surface area (Å²) in [5.41, 5.74) is 9.50.